The normalized spacial score (nSPS) is 12.6. The number of nitrogens with zero attached hydrogens (tertiary/aromatic N) is 4. The van der Waals surface area contributed by atoms with Gasteiger partial charge in [-0.2, -0.15) is 10.2 Å². The SMILES string of the molecule is CCC(C)n1nccc1CNc1c(C)cnn1CCF. The molecule has 0 aliphatic heterocycles. The van der Waals surface area contributed by atoms with Crippen LogP contribution in [0.15, 0.2) is 18.5 Å². The predicted octanol–water partition coefficient (Wildman–Crippen LogP) is 2.94. The van der Waals surface area contributed by atoms with E-state index in [9.17, 15) is 4.39 Å². The van der Waals surface area contributed by atoms with Crippen molar-refractivity contribution >= 4 is 5.82 Å². The first-order valence-corrected chi connectivity index (χ1v) is 7.02. The number of aromatic nitrogens is 4. The van der Waals surface area contributed by atoms with Crippen molar-refractivity contribution in [1.82, 2.24) is 19.6 Å². The number of anilines is 1. The lowest BCUT2D eigenvalue weighted by molar-refractivity contribution is 0.428. The van der Waals surface area contributed by atoms with E-state index in [2.05, 4.69) is 29.4 Å². The lowest BCUT2D eigenvalue weighted by Gasteiger charge is -2.15. The van der Waals surface area contributed by atoms with Gasteiger partial charge in [0.25, 0.3) is 0 Å². The quantitative estimate of drug-likeness (QED) is 0.847. The first-order valence-electron chi connectivity index (χ1n) is 7.02. The number of hydrogen-bond donors (Lipinski definition) is 1. The van der Waals surface area contributed by atoms with E-state index in [-0.39, 0.29) is 6.54 Å². The van der Waals surface area contributed by atoms with Crippen LogP contribution >= 0.6 is 0 Å². The van der Waals surface area contributed by atoms with Gasteiger partial charge in [-0.05, 0) is 26.3 Å². The maximum Gasteiger partial charge on any atom is 0.127 e. The topological polar surface area (TPSA) is 47.7 Å². The smallest absolute Gasteiger partial charge is 0.127 e. The summed E-state index contributed by atoms with van der Waals surface area (Å²) in [7, 11) is 0. The number of hydrogen-bond acceptors (Lipinski definition) is 3. The molecule has 20 heavy (non-hydrogen) atoms. The Morgan fingerprint density at radius 1 is 1.40 bits per heavy atom. The molecule has 0 aliphatic carbocycles. The maximum atomic E-state index is 12.5. The maximum absolute atomic E-state index is 12.5. The average Bonchev–Trinajstić information content (AvgIpc) is 3.04. The Morgan fingerprint density at radius 3 is 2.90 bits per heavy atom. The summed E-state index contributed by atoms with van der Waals surface area (Å²) in [5, 5.41) is 11.9. The van der Waals surface area contributed by atoms with Crippen molar-refractivity contribution < 1.29 is 4.39 Å². The molecule has 1 atom stereocenters. The minimum atomic E-state index is -0.416. The Morgan fingerprint density at radius 2 is 2.20 bits per heavy atom. The fourth-order valence-corrected chi connectivity index (χ4v) is 2.18. The summed E-state index contributed by atoms with van der Waals surface area (Å²) in [5.41, 5.74) is 2.14. The van der Waals surface area contributed by atoms with Gasteiger partial charge in [-0.3, -0.25) is 4.68 Å². The van der Waals surface area contributed by atoms with Crippen LogP contribution in [-0.2, 0) is 13.1 Å². The summed E-state index contributed by atoms with van der Waals surface area (Å²) in [6.45, 7) is 6.78. The van der Waals surface area contributed by atoms with E-state index in [0.717, 1.165) is 23.5 Å². The zero-order valence-electron chi connectivity index (χ0n) is 12.3. The third kappa shape index (κ3) is 3.00. The molecule has 0 aliphatic rings. The Balaban J connectivity index is 2.09. The highest BCUT2D eigenvalue weighted by atomic mass is 19.1. The summed E-state index contributed by atoms with van der Waals surface area (Å²) in [6.07, 6.45) is 4.60. The lowest BCUT2D eigenvalue weighted by atomic mass is 10.2. The van der Waals surface area contributed by atoms with Crippen molar-refractivity contribution in [2.45, 2.75) is 46.3 Å². The van der Waals surface area contributed by atoms with E-state index in [1.165, 1.54) is 0 Å². The molecule has 2 aromatic rings. The Bertz CT molecular complexity index is 546. The highest BCUT2D eigenvalue weighted by Crippen LogP contribution is 2.17. The van der Waals surface area contributed by atoms with Gasteiger partial charge in [0.2, 0.25) is 0 Å². The van der Waals surface area contributed by atoms with Crippen molar-refractivity contribution in [3.63, 3.8) is 0 Å². The van der Waals surface area contributed by atoms with E-state index in [4.69, 9.17) is 0 Å². The molecule has 0 radical (unpaired) electrons. The zero-order valence-corrected chi connectivity index (χ0v) is 12.3. The van der Waals surface area contributed by atoms with E-state index in [0.29, 0.717) is 12.6 Å². The number of alkyl halides is 1. The van der Waals surface area contributed by atoms with Crippen LogP contribution in [0.3, 0.4) is 0 Å². The molecule has 0 bridgehead atoms. The third-order valence-electron chi connectivity index (χ3n) is 3.52. The van der Waals surface area contributed by atoms with Crippen molar-refractivity contribution in [2.24, 2.45) is 0 Å². The Kier molecular flexibility index (Phi) is 4.76. The van der Waals surface area contributed by atoms with Crippen LogP contribution in [0.1, 0.15) is 37.6 Å². The van der Waals surface area contributed by atoms with Gasteiger partial charge in [0.05, 0.1) is 25.0 Å². The van der Waals surface area contributed by atoms with Gasteiger partial charge in [-0.15, -0.1) is 0 Å². The van der Waals surface area contributed by atoms with Crippen molar-refractivity contribution in [2.75, 3.05) is 12.0 Å². The molecule has 0 saturated heterocycles. The highest BCUT2D eigenvalue weighted by molar-refractivity contribution is 5.43. The number of nitrogens with one attached hydrogen (secondary N) is 1. The summed E-state index contributed by atoms with van der Waals surface area (Å²) >= 11 is 0. The molecule has 2 heterocycles. The van der Waals surface area contributed by atoms with Gasteiger partial charge in [0.15, 0.2) is 0 Å². The first kappa shape index (κ1) is 14.6. The van der Waals surface area contributed by atoms with Crippen LogP contribution in [0.2, 0.25) is 0 Å². The largest absolute Gasteiger partial charge is 0.364 e. The second kappa shape index (κ2) is 6.54. The molecule has 2 rings (SSSR count). The zero-order chi connectivity index (χ0) is 14.5. The van der Waals surface area contributed by atoms with Gasteiger partial charge >= 0.3 is 0 Å². The lowest BCUT2D eigenvalue weighted by Crippen LogP contribution is -2.15. The molecular weight excluding hydrogens is 257 g/mol. The Hall–Kier alpha value is -1.85. The summed E-state index contributed by atoms with van der Waals surface area (Å²) in [6, 6.07) is 2.38. The van der Waals surface area contributed by atoms with Crippen LogP contribution in [0.25, 0.3) is 0 Å². The second-order valence-corrected chi connectivity index (χ2v) is 4.97. The standard InChI is InChI=1S/C14H22FN5/c1-4-12(3)20-13(5-7-17-20)10-16-14-11(2)9-18-19(14)8-6-15/h5,7,9,12,16H,4,6,8,10H2,1-3H3. The summed E-state index contributed by atoms with van der Waals surface area (Å²) in [4.78, 5) is 0. The number of aryl methyl sites for hydroxylation is 2. The van der Waals surface area contributed by atoms with E-state index < -0.39 is 6.67 Å². The molecular formula is C14H22FN5. The van der Waals surface area contributed by atoms with Crippen LogP contribution in [0.4, 0.5) is 10.2 Å². The number of halogens is 1. The monoisotopic (exact) mass is 279 g/mol. The van der Waals surface area contributed by atoms with E-state index in [1.807, 2.05) is 23.9 Å². The molecule has 0 amide bonds. The molecule has 0 aromatic carbocycles. The van der Waals surface area contributed by atoms with Gasteiger partial charge in [0, 0.05) is 17.8 Å². The van der Waals surface area contributed by atoms with Gasteiger partial charge in [-0.1, -0.05) is 6.92 Å². The van der Waals surface area contributed by atoms with Crippen LogP contribution in [-0.4, -0.2) is 26.2 Å². The highest BCUT2D eigenvalue weighted by Gasteiger charge is 2.11. The van der Waals surface area contributed by atoms with Crippen LogP contribution in [0.5, 0.6) is 0 Å². The van der Waals surface area contributed by atoms with E-state index in [1.54, 1.807) is 10.9 Å². The fraction of sp³-hybridized carbons (Fsp3) is 0.571. The minimum Gasteiger partial charge on any atom is -0.364 e. The van der Waals surface area contributed by atoms with Crippen molar-refractivity contribution in [3.8, 4) is 0 Å². The van der Waals surface area contributed by atoms with Crippen LogP contribution < -0.4 is 5.32 Å². The fourth-order valence-electron chi connectivity index (χ4n) is 2.18. The Labute approximate surface area is 118 Å². The van der Waals surface area contributed by atoms with E-state index >= 15 is 0 Å². The summed E-state index contributed by atoms with van der Waals surface area (Å²) in [5.74, 6) is 0.875. The molecule has 1 N–H and O–H groups in total. The average molecular weight is 279 g/mol. The molecule has 1 unspecified atom stereocenters. The van der Waals surface area contributed by atoms with Gasteiger partial charge in [-0.25, -0.2) is 9.07 Å². The molecule has 2 aromatic heterocycles. The predicted molar refractivity (Wildman–Crippen MR) is 77.5 cm³/mol. The van der Waals surface area contributed by atoms with Crippen molar-refractivity contribution in [3.05, 3.63) is 29.7 Å². The molecule has 0 saturated carbocycles. The second-order valence-electron chi connectivity index (χ2n) is 4.97. The van der Waals surface area contributed by atoms with Crippen molar-refractivity contribution in [1.29, 1.82) is 0 Å². The van der Waals surface area contributed by atoms with Crippen LogP contribution in [0, 0.1) is 6.92 Å². The minimum absolute atomic E-state index is 0.279. The molecule has 6 heteroatoms. The third-order valence-corrected chi connectivity index (χ3v) is 3.52. The molecule has 110 valence electrons. The summed E-state index contributed by atoms with van der Waals surface area (Å²) < 4.78 is 16.2. The first-order chi connectivity index (χ1) is 9.67. The molecule has 5 nitrogen and oxygen atoms in total. The van der Waals surface area contributed by atoms with Gasteiger partial charge in [0.1, 0.15) is 12.5 Å². The number of rotatable bonds is 7. The molecule has 0 fully saturated rings. The molecule has 0 spiro atoms. The van der Waals surface area contributed by atoms with Gasteiger partial charge < -0.3 is 5.32 Å².